The first-order chi connectivity index (χ1) is 74.4. The van der Waals surface area contributed by atoms with Crippen LogP contribution in [0.4, 0.5) is 0 Å². The maximum atomic E-state index is 6.77. The van der Waals surface area contributed by atoms with Crippen molar-refractivity contribution in [2.24, 2.45) is 0 Å². The second-order valence-electron chi connectivity index (χ2n) is 38.7. The fourth-order valence-electron chi connectivity index (χ4n) is 23.7. The minimum Gasteiger partial charge on any atom is -0.454 e. The predicted molar refractivity (Wildman–Crippen MR) is 633 cm³/mol. The zero-order valence-corrected chi connectivity index (χ0v) is 83.1. The zero-order valence-electron chi connectivity index (χ0n) is 80.6. The molecule has 0 aliphatic heterocycles. The van der Waals surface area contributed by atoms with E-state index in [1.54, 1.807) is 0 Å². The van der Waals surface area contributed by atoms with Crippen molar-refractivity contribution in [3.8, 4) is 101 Å². The van der Waals surface area contributed by atoms with Crippen molar-refractivity contribution < 1.29 is 13.3 Å². The summed E-state index contributed by atoms with van der Waals surface area (Å²) in [5.41, 5.74) is 40.9. The van der Waals surface area contributed by atoms with Crippen LogP contribution in [-0.2, 0) is 0 Å². The van der Waals surface area contributed by atoms with Crippen LogP contribution >= 0.6 is 34.0 Å². The molecule has 9 nitrogen and oxygen atoms in total. The molecular weight excluding hydrogens is 1890 g/mol. The molecule has 0 saturated carbocycles. The van der Waals surface area contributed by atoms with Gasteiger partial charge in [-0.05, 0) is 225 Å². The quantitative estimate of drug-likeness (QED) is 0.122. The molecule has 0 radical (unpaired) electrons. The summed E-state index contributed by atoms with van der Waals surface area (Å²) >= 11 is 5.71. The molecule has 33 aromatic rings. The third kappa shape index (κ3) is 13.3. The van der Waals surface area contributed by atoms with E-state index in [9.17, 15) is 0 Å². The molecule has 150 heavy (non-hydrogen) atoms. The fraction of sp³-hybridized carbons (Fsp3) is 0. The minimum atomic E-state index is 0.880. The molecule has 0 aliphatic rings. The Morgan fingerprint density at radius 1 is 0.140 bits per heavy atom. The number of fused-ring (bicyclic) bond motifs is 30. The Morgan fingerprint density at radius 2 is 0.387 bits per heavy atom. The van der Waals surface area contributed by atoms with Crippen LogP contribution in [0.1, 0.15) is 0 Å². The van der Waals surface area contributed by atoms with E-state index >= 15 is 0 Å². The van der Waals surface area contributed by atoms with Gasteiger partial charge in [-0.25, -0.2) is 0 Å². The lowest BCUT2D eigenvalue weighted by atomic mass is 9.99. The fourth-order valence-corrected chi connectivity index (χ4v) is 27.7. The first-order valence-electron chi connectivity index (χ1n) is 50.8. The molecule has 0 spiro atoms. The Balaban J connectivity index is 0.000000101. The van der Waals surface area contributed by atoms with Gasteiger partial charge in [-0.1, -0.05) is 346 Å². The molecule has 0 bridgehead atoms. The standard InChI is InChI=1S/C46H28N2O2.C46H28N2OS.C46H28N2S2/c1-3-12-32(13-4-1)47-39-20-9-7-16-35(39)45-42(47)37-27-26-31(28-41(37)49-45)29-22-24-30(25-23-29)34-18-11-19-38-43-46(50-44(34)38)36-17-8-10-21-40(36)48(43)33-14-5-2-6-15-33;1-3-12-32(13-4-1)47-39-20-9-7-16-35(39)44-42(47)37-27-26-31(28-41(37)49-44)29-22-24-30(25-23-29)34-18-11-19-38-43-46(50-45(34)38)36-17-8-10-21-40(36)48(43)33-14-5-2-6-15-33;1-3-12-32(13-4-1)47-39-20-9-7-16-35(39)45-42(47)37-27-26-31(28-41(37)49-45)29-22-24-30(25-23-29)34-18-11-19-38-43-46(50-44(34)38)36-17-8-10-21-40(36)48(43)33-14-5-2-6-15-33/h3*1-28H. The van der Waals surface area contributed by atoms with Gasteiger partial charge in [0.05, 0.1) is 63.8 Å². The average molecular weight is 1970 g/mol. The van der Waals surface area contributed by atoms with Crippen molar-refractivity contribution in [3.05, 3.63) is 510 Å². The topological polar surface area (TPSA) is 69.0 Å². The van der Waals surface area contributed by atoms with Crippen molar-refractivity contribution in [1.29, 1.82) is 0 Å². The largest absolute Gasteiger partial charge is 0.454 e. The summed E-state index contributed by atoms with van der Waals surface area (Å²) < 4.78 is 42.3. The smallest absolute Gasteiger partial charge is 0.161 e. The number of hydrogen-bond donors (Lipinski definition) is 0. The van der Waals surface area contributed by atoms with E-state index in [1.165, 1.54) is 144 Å². The van der Waals surface area contributed by atoms with Crippen LogP contribution in [0.25, 0.3) is 293 Å². The van der Waals surface area contributed by atoms with Crippen LogP contribution in [0.2, 0.25) is 0 Å². The second kappa shape index (κ2) is 34.3. The van der Waals surface area contributed by atoms with Gasteiger partial charge in [0.25, 0.3) is 0 Å². The Bertz CT molecular complexity index is 10200. The maximum Gasteiger partial charge on any atom is 0.161 e. The van der Waals surface area contributed by atoms with E-state index in [4.69, 9.17) is 13.3 Å². The summed E-state index contributed by atoms with van der Waals surface area (Å²) in [6, 6.07) is 183. The molecule has 33 rings (SSSR count). The highest BCUT2D eigenvalue weighted by molar-refractivity contribution is 7.28. The van der Waals surface area contributed by atoms with Gasteiger partial charge in [-0.15, -0.1) is 34.0 Å². The Labute approximate surface area is 870 Å². The van der Waals surface area contributed by atoms with Crippen LogP contribution in [0.15, 0.2) is 523 Å². The summed E-state index contributed by atoms with van der Waals surface area (Å²) in [6.45, 7) is 0. The first kappa shape index (κ1) is 85.3. The van der Waals surface area contributed by atoms with Gasteiger partial charge in [0.1, 0.15) is 33.3 Å². The Hall–Kier alpha value is -19.1. The van der Waals surface area contributed by atoms with Gasteiger partial charge in [-0.2, -0.15) is 0 Å². The summed E-state index contributed by atoms with van der Waals surface area (Å²) in [5, 5.41) is 14.5. The SMILES string of the molecule is c1ccc(-n2c3ccccc3c3oc4cc(-c5ccc(-c6cccc7c6oc6c8ccccc8n(-c8ccccc8)c76)cc5)ccc4c32)cc1.c1ccc(-n2c3ccccc3c3oc4cc(-c5ccc(-c6cccc7c6sc6c8ccccc8n(-c8ccccc8)c76)cc5)ccc4c32)cc1.c1ccc(-n2c3ccccc3c3sc4cc(-c5ccc(-c6cccc7c6sc6c8ccccc8n(-c8ccccc8)c76)cc5)ccc4c32)cc1. The molecule has 0 N–H and O–H groups in total. The molecular formula is C138H84N6O3S3. The molecule has 21 aromatic carbocycles. The summed E-state index contributed by atoms with van der Waals surface area (Å²) in [7, 11) is 0. The third-order valence-corrected chi connectivity index (χ3v) is 34.1. The van der Waals surface area contributed by atoms with Gasteiger partial charge >= 0.3 is 0 Å². The van der Waals surface area contributed by atoms with Crippen LogP contribution < -0.4 is 0 Å². The molecule has 12 heterocycles. The lowest BCUT2D eigenvalue weighted by Gasteiger charge is -2.09. The highest BCUT2D eigenvalue weighted by atomic mass is 32.1. The van der Waals surface area contributed by atoms with Crippen molar-refractivity contribution in [3.63, 3.8) is 0 Å². The summed E-state index contributed by atoms with van der Waals surface area (Å²) in [6.07, 6.45) is 0. The molecule has 702 valence electrons. The second-order valence-corrected chi connectivity index (χ2v) is 41.8. The zero-order chi connectivity index (χ0) is 98.3. The number of para-hydroxylation sites is 13. The first-order valence-corrected chi connectivity index (χ1v) is 53.3. The maximum absolute atomic E-state index is 6.77. The van der Waals surface area contributed by atoms with Crippen LogP contribution in [-0.4, -0.2) is 27.4 Å². The lowest BCUT2D eigenvalue weighted by molar-refractivity contribution is 0.672. The molecule has 0 atom stereocenters. The highest BCUT2D eigenvalue weighted by Crippen LogP contribution is 2.53. The average Bonchev–Trinajstić information content (AvgIpc) is 1.58. The molecule has 12 aromatic heterocycles. The van der Waals surface area contributed by atoms with E-state index in [1.807, 2.05) is 34.0 Å². The summed E-state index contributed by atoms with van der Waals surface area (Å²) in [5.74, 6) is 0. The van der Waals surface area contributed by atoms with Crippen LogP contribution in [0.5, 0.6) is 0 Å². The number of benzene rings is 21. The number of aromatic nitrogens is 6. The number of thiophene rings is 3. The molecule has 12 heteroatoms. The van der Waals surface area contributed by atoms with Crippen LogP contribution in [0, 0.1) is 0 Å². The van der Waals surface area contributed by atoms with Gasteiger partial charge < -0.3 is 40.7 Å². The number of furan rings is 3. The van der Waals surface area contributed by atoms with Gasteiger partial charge in [0.15, 0.2) is 16.7 Å². The minimum absolute atomic E-state index is 0.880. The molecule has 0 aliphatic carbocycles. The highest BCUT2D eigenvalue weighted by Gasteiger charge is 2.29. The van der Waals surface area contributed by atoms with Crippen molar-refractivity contribution in [2.45, 2.75) is 0 Å². The normalized spacial score (nSPS) is 12.0. The monoisotopic (exact) mass is 1970 g/mol. The predicted octanol–water partition coefficient (Wildman–Crippen LogP) is 39.5. The lowest BCUT2D eigenvalue weighted by Crippen LogP contribution is -1.93. The third-order valence-electron chi connectivity index (χ3n) is 30.4. The van der Waals surface area contributed by atoms with Gasteiger partial charge in [-0.3, -0.25) is 0 Å². The van der Waals surface area contributed by atoms with Crippen LogP contribution in [0.3, 0.4) is 0 Å². The Morgan fingerprint density at radius 3 is 0.747 bits per heavy atom. The van der Waals surface area contributed by atoms with E-state index in [2.05, 4.69) is 537 Å². The van der Waals surface area contributed by atoms with E-state index < -0.39 is 0 Å². The Kier molecular flexibility index (Phi) is 19.5. The molecule has 0 fully saturated rings. The van der Waals surface area contributed by atoms with E-state index in [-0.39, 0.29) is 0 Å². The van der Waals surface area contributed by atoms with Crippen molar-refractivity contribution in [1.82, 2.24) is 27.4 Å². The number of nitrogens with zero attached hydrogens (tertiary/aromatic N) is 6. The molecule has 0 unspecified atom stereocenters. The van der Waals surface area contributed by atoms with Gasteiger partial charge in [0.2, 0.25) is 0 Å². The van der Waals surface area contributed by atoms with Crippen molar-refractivity contribution >= 4 is 227 Å². The molecule has 0 amide bonds. The summed E-state index contributed by atoms with van der Waals surface area (Å²) in [4.78, 5) is 0. The molecule has 0 saturated heterocycles. The number of rotatable bonds is 12. The van der Waals surface area contributed by atoms with Gasteiger partial charge in [0, 0.05) is 118 Å². The van der Waals surface area contributed by atoms with Crippen molar-refractivity contribution in [2.75, 3.05) is 0 Å². The van der Waals surface area contributed by atoms with E-state index in [0.717, 1.165) is 149 Å². The number of hydrogen-bond acceptors (Lipinski definition) is 6. The van der Waals surface area contributed by atoms with E-state index in [0.29, 0.717) is 0 Å².